The van der Waals surface area contributed by atoms with Crippen molar-refractivity contribution in [3.05, 3.63) is 34.4 Å². The zero-order valence-electron chi connectivity index (χ0n) is 10.1. The van der Waals surface area contributed by atoms with Gasteiger partial charge in [0.05, 0.1) is 11.0 Å². The number of nitrogens with one attached hydrogen (secondary N) is 1. The third kappa shape index (κ3) is 2.60. The molecule has 6 nitrogen and oxygen atoms in total. The van der Waals surface area contributed by atoms with Crippen LogP contribution in [0.15, 0.2) is 24.3 Å². The van der Waals surface area contributed by atoms with Crippen LogP contribution in [0, 0.1) is 10.1 Å². The number of nitro benzene ring substituents is 1. The Morgan fingerprint density at radius 1 is 1.56 bits per heavy atom. The van der Waals surface area contributed by atoms with E-state index in [9.17, 15) is 15.2 Å². The van der Waals surface area contributed by atoms with Crippen LogP contribution in [-0.2, 0) is 4.74 Å². The standard InChI is InChI=1S/C12H16N2O4/c1-9-12(15,6-7-18-9)8-13-10-2-4-11(5-3-10)14(16)17/h2-5,9,13,15H,6-8H2,1H3. The monoisotopic (exact) mass is 252 g/mol. The van der Waals surface area contributed by atoms with Gasteiger partial charge in [-0.25, -0.2) is 0 Å². The summed E-state index contributed by atoms with van der Waals surface area (Å²) in [5.41, 5.74) is -0.0770. The Hall–Kier alpha value is -1.66. The van der Waals surface area contributed by atoms with E-state index in [1.165, 1.54) is 12.1 Å². The van der Waals surface area contributed by atoms with Crippen LogP contribution in [0.3, 0.4) is 0 Å². The fraction of sp³-hybridized carbons (Fsp3) is 0.500. The minimum absolute atomic E-state index is 0.0526. The van der Waals surface area contributed by atoms with Gasteiger partial charge in [0.1, 0.15) is 5.60 Å². The highest BCUT2D eigenvalue weighted by atomic mass is 16.6. The number of benzene rings is 1. The Kier molecular flexibility index (Phi) is 3.49. The Labute approximate surface area is 105 Å². The predicted molar refractivity (Wildman–Crippen MR) is 66.6 cm³/mol. The van der Waals surface area contributed by atoms with Crippen molar-refractivity contribution in [2.75, 3.05) is 18.5 Å². The zero-order valence-corrected chi connectivity index (χ0v) is 10.1. The molecule has 0 amide bonds. The lowest BCUT2D eigenvalue weighted by Gasteiger charge is -2.26. The SMILES string of the molecule is CC1OCCC1(O)CNc1ccc([N+](=O)[O-])cc1. The summed E-state index contributed by atoms with van der Waals surface area (Å²) < 4.78 is 5.33. The largest absolute Gasteiger partial charge is 0.385 e. The molecule has 18 heavy (non-hydrogen) atoms. The fourth-order valence-electron chi connectivity index (χ4n) is 1.96. The second-order valence-corrected chi connectivity index (χ2v) is 4.52. The van der Waals surface area contributed by atoms with Crippen molar-refractivity contribution < 1.29 is 14.8 Å². The van der Waals surface area contributed by atoms with Crippen molar-refractivity contribution in [2.24, 2.45) is 0 Å². The molecule has 1 aliphatic heterocycles. The van der Waals surface area contributed by atoms with Crippen LogP contribution in [0.1, 0.15) is 13.3 Å². The molecule has 1 aromatic carbocycles. The van der Waals surface area contributed by atoms with Crippen molar-refractivity contribution in [1.82, 2.24) is 0 Å². The summed E-state index contributed by atoms with van der Waals surface area (Å²) in [4.78, 5) is 10.1. The van der Waals surface area contributed by atoms with Crippen LogP contribution in [0.5, 0.6) is 0 Å². The lowest BCUT2D eigenvalue weighted by Crippen LogP contribution is -2.43. The molecule has 1 saturated heterocycles. The Morgan fingerprint density at radius 2 is 2.22 bits per heavy atom. The molecule has 0 aliphatic carbocycles. The summed E-state index contributed by atoms with van der Waals surface area (Å²) in [7, 11) is 0. The summed E-state index contributed by atoms with van der Waals surface area (Å²) in [5.74, 6) is 0. The quantitative estimate of drug-likeness (QED) is 0.627. The van der Waals surface area contributed by atoms with Gasteiger partial charge < -0.3 is 15.2 Å². The Morgan fingerprint density at radius 3 is 2.72 bits per heavy atom. The van der Waals surface area contributed by atoms with Crippen LogP contribution in [0.4, 0.5) is 11.4 Å². The van der Waals surface area contributed by atoms with Gasteiger partial charge in [-0.2, -0.15) is 0 Å². The molecule has 6 heteroatoms. The Balaban J connectivity index is 1.96. The van der Waals surface area contributed by atoms with E-state index in [1.807, 2.05) is 6.92 Å². The molecule has 0 spiro atoms. The second-order valence-electron chi connectivity index (χ2n) is 4.52. The molecule has 2 rings (SSSR count). The molecule has 98 valence electrons. The van der Waals surface area contributed by atoms with E-state index in [0.717, 1.165) is 5.69 Å². The lowest BCUT2D eigenvalue weighted by molar-refractivity contribution is -0.384. The van der Waals surface area contributed by atoms with Crippen molar-refractivity contribution in [3.63, 3.8) is 0 Å². The maximum Gasteiger partial charge on any atom is 0.269 e. The number of hydrogen-bond acceptors (Lipinski definition) is 5. The molecule has 2 unspecified atom stereocenters. The van der Waals surface area contributed by atoms with Gasteiger partial charge in [0.2, 0.25) is 0 Å². The van der Waals surface area contributed by atoms with E-state index < -0.39 is 10.5 Å². The molecular formula is C12H16N2O4. The van der Waals surface area contributed by atoms with Gasteiger partial charge in [-0.15, -0.1) is 0 Å². The van der Waals surface area contributed by atoms with Gasteiger partial charge in [0.15, 0.2) is 0 Å². The van der Waals surface area contributed by atoms with Crippen molar-refractivity contribution in [3.8, 4) is 0 Å². The number of aliphatic hydroxyl groups is 1. The minimum atomic E-state index is -0.873. The second kappa shape index (κ2) is 4.91. The first-order valence-corrected chi connectivity index (χ1v) is 5.83. The predicted octanol–water partition coefficient (Wildman–Crippen LogP) is 1.55. The third-order valence-corrected chi connectivity index (χ3v) is 3.34. The molecule has 0 radical (unpaired) electrons. The topological polar surface area (TPSA) is 84.6 Å². The average Bonchev–Trinajstić information content (AvgIpc) is 2.68. The summed E-state index contributed by atoms with van der Waals surface area (Å²) in [6, 6.07) is 6.12. The zero-order chi connectivity index (χ0) is 13.2. The van der Waals surface area contributed by atoms with E-state index in [1.54, 1.807) is 12.1 Å². The number of anilines is 1. The van der Waals surface area contributed by atoms with Gasteiger partial charge in [0.25, 0.3) is 5.69 Å². The lowest BCUT2D eigenvalue weighted by atomic mass is 9.96. The van der Waals surface area contributed by atoms with E-state index in [4.69, 9.17) is 4.74 Å². The number of ether oxygens (including phenoxy) is 1. The van der Waals surface area contributed by atoms with E-state index in [0.29, 0.717) is 19.6 Å². The van der Waals surface area contributed by atoms with Crippen LogP contribution in [0.2, 0.25) is 0 Å². The van der Waals surface area contributed by atoms with E-state index in [-0.39, 0.29) is 11.8 Å². The van der Waals surface area contributed by atoms with E-state index in [2.05, 4.69) is 5.32 Å². The normalized spacial score (nSPS) is 27.1. The third-order valence-electron chi connectivity index (χ3n) is 3.34. The highest BCUT2D eigenvalue weighted by Crippen LogP contribution is 2.26. The average molecular weight is 252 g/mol. The first-order valence-electron chi connectivity index (χ1n) is 5.83. The smallest absolute Gasteiger partial charge is 0.269 e. The van der Waals surface area contributed by atoms with E-state index >= 15 is 0 Å². The summed E-state index contributed by atoms with van der Waals surface area (Å²) in [5, 5.41) is 23.8. The summed E-state index contributed by atoms with van der Waals surface area (Å²) in [6.07, 6.45) is 0.386. The molecule has 0 aromatic heterocycles. The number of rotatable bonds is 4. The molecule has 2 N–H and O–H groups in total. The van der Waals surface area contributed by atoms with Gasteiger partial charge >= 0.3 is 0 Å². The number of non-ortho nitro benzene ring substituents is 1. The van der Waals surface area contributed by atoms with Crippen LogP contribution >= 0.6 is 0 Å². The maximum atomic E-state index is 10.5. The van der Waals surface area contributed by atoms with Gasteiger partial charge in [-0.1, -0.05) is 0 Å². The minimum Gasteiger partial charge on any atom is -0.385 e. The van der Waals surface area contributed by atoms with Crippen molar-refractivity contribution >= 4 is 11.4 Å². The molecular weight excluding hydrogens is 236 g/mol. The maximum absolute atomic E-state index is 10.5. The number of nitro groups is 1. The first-order chi connectivity index (χ1) is 8.51. The molecule has 1 aliphatic rings. The summed E-state index contributed by atoms with van der Waals surface area (Å²) in [6.45, 7) is 2.76. The number of nitrogens with zero attached hydrogens (tertiary/aromatic N) is 1. The highest BCUT2D eigenvalue weighted by molar-refractivity contribution is 5.48. The van der Waals surface area contributed by atoms with Crippen LogP contribution in [0.25, 0.3) is 0 Å². The molecule has 0 bridgehead atoms. The molecule has 1 aromatic rings. The molecule has 1 fully saturated rings. The van der Waals surface area contributed by atoms with Gasteiger partial charge in [0, 0.05) is 37.4 Å². The van der Waals surface area contributed by atoms with Crippen molar-refractivity contribution in [1.29, 1.82) is 0 Å². The first kappa shape index (κ1) is 12.8. The summed E-state index contributed by atoms with van der Waals surface area (Å²) >= 11 is 0. The van der Waals surface area contributed by atoms with Crippen LogP contribution in [-0.4, -0.2) is 34.9 Å². The van der Waals surface area contributed by atoms with Gasteiger partial charge in [-0.05, 0) is 19.1 Å². The highest BCUT2D eigenvalue weighted by Gasteiger charge is 2.39. The molecule has 2 atom stereocenters. The number of hydrogen-bond donors (Lipinski definition) is 2. The molecule has 1 heterocycles. The van der Waals surface area contributed by atoms with Crippen LogP contribution < -0.4 is 5.32 Å². The fourth-order valence-corrected chi connectivity index (χ4v) is 1.96. The van der Waals surface area contributed by atoms with Crippen molar-refractivity contribution in [2.45, 2.75) is 25.0 Å². The van der Waals surface area contributed by atoms with Gasteiger partial charge in [-0.3, -0.25) is 10.1 Å². The Bertz CT molecular complexity index is 434. The molecule has 0 saturated carbocycles.